The number of hydrogen-bond donors (Lipinski definition) is 1. The predicted molar refractivity (Wildman–Crippen MR) is 77.4 cm³/mol. The van der Waals surface area contributed by atoms with Gasteiger partial charge in [-0.05, 0) is 56.0 Å². The fourth-order valence-electron chi connectivity index (χ4n) is 2.82. The van der Waals surface area contributed by atoms with Gasteiger partial charge in [-0.25, -0.2) is 4.79 Å². The van der Waals surface area contributed by atoms with E-state index in [1.807, 2.05) is 26.0 Å². The molecule has 1 saturated heterocycles. The zero-order valence-electron chi connectivity index (χ0n) is 12.0. The Labute approximate surface area is 122 Å². The first-order valence-corrected chi connectivity index (χ1v) is 7.02. The third-order valence-corrected chi connectivity index (χ3v) is 4.14. The number of carboxylic acids is 1. The molecule has 1 fully saturated rings. The molecule has 2 aromatic rings. The Kier molecular flexibility index (Phi) is 3.20. The van der Waals surface area contributed by atoms with Crippen LogP contribution in [0.25, 0.3) is 11.0 Å². The van der Waals surface area contributed by atoms with Gasteiger partial charge in [0.2, 0.25) is 0 Å². The zero-order valence-corrected chi connectivity index (χ0v) is 12.0. The molecule has 1 aromatic carbocycles. The summed E-state index contributed by atoms with van der Waals surface area (Å²) in [6, 6.07) is 4.83. The highest BCUT2D eigenvalue weighted by atomic mass is 16.4. The van der Waals surface area contributed by atoms with E-state index in [2.05, 4.69) is 0 Å². The Morgan fingerprint density at radius 3 is 2.67 bits per heavy atom. The molecule has 0 bridgehead atoms. The number of carbonyl (C=O) groups is 2. The molecular formula is C16H17NO4. The van der Waals surface area contributed by atoms with Gasteiger partial charge in [-0.3, -0.25) is 4.79 Å². The van der Waals surface area contributed by atoms with Gasteiger partial charge in [0.1, 0.15) is 11.6 Å². The van der Waals surface area contributed by atoms with Gasteiger partial charge >= 0.3 is 5.97 Å². The number of aryl methyl sites for hydroxylation is 2. The van der Waals surface area contributed by atoms with Gasteiger partial charge in [0.25, 0.3) is 5.91 Å². The Balaban J connectivity index is 1.96. The summed E-state index contributed by atoms with van der Waals surface area (Å²) in [5.74, 6) is -1.08. The van der Waals surface area contributed by atoms with E-state index in [-0.39, 0.29) is 11.7 Å². The molecule has 1 aliphatic rings. The molecule has 0 unspecified atom stereocenters. The third kappa shape index (κ3) is 2.28. The summed E-state index contributed by atoms with van der Waals surface area (Å²) in [5, 5.41) is 10.0. The molecule has 1 N–H and O–H groups in total. The number of rotatable bonds is 2. The molecule has 5 heteroatoms. The van der Waals surface area contributed by atoms with Crippen molar-refractivity contribution < 1.29 is 19.1 Å². The fourth-order valence-corrected chi connectivity index (χ4v) is 2.82. The number of benzene rings is 1. The number of carbonyl (C=O) groups excluding carboxylic acids is 1. The molecule has 21 heavy (non-hydrogen) atoms. The number of nitrogens with zero attached hydrogens (tertiary/aromatic N) is 1. The molecule has 0 saturated carbocycles. The molecule has 0 aliphatic carbocycles. The highest BCUT2D eigenvalue weighted by Gasteiger charge is 2.35. The molecule has 0 spiro atoms. The van der Waals surface area contributed by atoms with E-state index >= 15 is 0 Å². The van der Waals surface area contributed by atoms with Crippen molar-refractivity contribution in [1.82, 2.24) is 4.90 Å². The van der Waals surface area contributed by atoms with E-state index < -0.39 is 12.0 Å². The van der Waals surface area contributed by atoms with Gasteiger partial charge in [0.05, 0.1) is 0 Å². The fraction of sp³-hybridized carbons (Fsp3) is 0.375. The first kappa shape index (κ1) is 13.7. The maximum absolute atomic E-state index is 12.5. The number of furan rings is 1. The lowest BCUT2D eigenvalue weighted by atomic mass is 10.1. The summed E-state index contributed by atoms with van der Waals surface area (Å²) in [7, 11) is 0. The van der Waals surface area contributed by atoms with Crippen molar-refractivity contribution in [2.24, 2.45) is 0 Å². The minimum atomic E-state index is -0.955. The zero-order chi connectivity index (χ0) is 15.1. The average molecular weight is 287 g/mol. The van der Waals surface area contributed by atoms with Crippen molar-refractivity contribution in [2.45, 2.75) is 32.7 Å². The summed E-state index contributed by atoms with van der Waals surface area (Å²) in [6.07, 6.45) is 1.21. The quantitative estimate of drug-likeness (QED) is 0.922. The first-order valence-electron chi connectivity index (χ1n) is 7.02. The minimum Gasteiger partial charge on any atom is -0.480 e. The van der Waals surface area contributed by atoms with Gasteiger partial charge in [-0.15, -0.1) is 0 Å². The number of amides is 1. The SMILES string of the molecule is Cc1cc2cc(C(=O)N3CCC[C@@H]3C(=O)O)oc2cc1C. The molecular weight excluding hydrogens is 270 g/mol. The van der Waals surface area contributed by atoms with Crippen molar-refractivity contribution >= 4 is 22.8 Å². The summed E-state index contributed by atoms with van der Waals surface area (Å²) < 4.78 is 5.62. The Morgan fingerprint density at radius 1 is 1.24 bits per heavy atom. The number of likely N-dealkylation sites (tertiary alicyclic amines) is 1. The second-order valence-corrected chi connectivity index (χ2v) is 5.58. The van der Waals surface area contributed by atoms with Crippen molar-refractivity contribution in [1.29, 1.82) is 0 Å². The predicted octanol–water partition coefficient (Wildman–Crippen LogP) is 2.74. The van der Waals surface area contributed by atoms with Gasteiger partial charge in [0, 0.05) is 11.9 Å². The topological polar surface area (TPSA) is 70.8 Å². The van der Waals surface area contributed by atoms with E-state index in [1.165, 1.54) is 4.90 Å². The van der Waals surface area contributed by atoms with Crippen LogP contribution in [-0.2, 0) is 4.79 Å². The standard InChI is InChI=1S/C16H17NO4/c1-9-6-11-8-14(21-13(11)7-10(9)2)15(18)17-5-3-4-12(17)16(19)20/h6-8,12H,3-5H2,1-2H3,(H,19,20)/t12-/m1/s1. The number of fused-ring (bicyclic) bond motifs is 1. The lowest BCUT2D eigenvalue weighted by Gasteiger charge is -2.19. The van der Waals surface area contributed by atoms with Gasteiger partial charge < -0.3 is 14.4 Å². The van der Waals surface area contributed by atoms with E-state index in [0.717, 1.165) is 16.5 Å². The molecule has 3 rings (SSSR count). The summed E-state index contributed by atoms with van der Waals surface area (Å²) in [4.78, 5) is 25.0. The lowest BCUT2D eigenvalue weighted by molar-refractivity contribution is -0.141. The molecule has 0 radical (unpaired) electrons. The van der Waals surface area contributed by atoms with Gasteiger partial charge in [0.15, 0.2) is 5.76 Å². The molecule has 5 nitrogen and oxygen atoms in total. The van der Waals surface area contributed by atoms with Crippen LogP contribution in [-0.4, -0.2) is 34.5 Å². The van der Waals surface area contributed by atoms with Crippen LogP contribution in [0, 0.1) is 13.8 Å². The molecule has 1 atom stereocenters. The second-order valence-electron chi connectivity index (χ2n) is 5.58. The Morgan fingerprint density at radius 2 is 1.95 bits per heavy atom. The van der Waals surface area contributed by atoms with E-state index in [0.29, 0.717) is 25.0 Å². The van der Waals surface area contributed by atoms with Crippen LogP contribution in [0.15, 0.2) is 22.6 Å². The largest absolute Gasteiger partial charge is 0.480 e. The van der Waals surface area contributed by atoms with Crippen LogP contribution < -0.4 is 0 Å². The maximum Gasteiger partial charge on any atom is 0.326 e. The van der Waals surface area contributed by atoms with Crippen LogP contribution in [0.4, 0.5) is 0 Å². The lowest BCUT2D eigenvalue weighted by Crippen LogP contribution is -2.40. The Bertz CT molecular complexity index is 692. The highest BCUT2D eigenvalue weighted by molar-refractivity contribution is 5.98. The molecule has 1 amide bonds. The van der Waals surface area contributed by atoms with Crippen LogP contribution >= 0.6 is 0 Å². The first-order chi connectivity index (χ1) is 9.97. The summed E-state index contributed by atoms with van der Waals surface area (Å²) in [5.41, 5.74) is 2.89. The monoisotopic (exact) mass is 287 g/mol. The summed E-state index contributed by atoms with van der Waals surface area (Å²) >= 11 is 0. The Hall–Kier alpha value is -2.30. The van der Waals surface area contributed by atoms with E-state index in [1.54, 1.807) is 6.07 Å². The molecule has 110 valence electrons. The van der Waals surface area contributed by atoms with Crippen molar-refractivity contribution in [3.8, 4) is 0 Å². The number of hydrogen-bond acceptors (Lipinski definition) is 3. The third-order valence-electron chi connectivity index (χ3n) is 4.14. The second kappa shape index (κ2) is 4.91. The molecule has 1 aliphatic heterocycles. The van der Waals surface area contributed by atoms with Crippen molar-refractivity contribution in [3.63, 3.8) is 0 Å². The number of carboxylic acid groups (broad SMARTS) is 1. The normalized spacial score (nSPS) is 18.4. The van der Waals surface area contributed by atoms with Crippen molar-refractivity contribution in [3.05, 3.63) is 35.1 Å². The smallest absolute Gasteiger partial charge is 0.326 e. The van der Waals surface area contributed by atoms with Crippen LogP contribution in [0.1, 0.15) is 34.5 Å². The average Bonchev–Trinajstić information content (AvgIpc) is 3.04. The minimum absolute atomic E-state index is 0.211. The maximum atomic E-state index is 12.5. The summed E-state index contributed by atoms with van der Waals surface area (Å²) in [6.45, 7) is 4.45. The van der Waals surface area contributed by atoms with E-state index in [4.69, 9.17) is 9.52 Å². The van der Waals surface area contributed by atoms with Crippen LogP contribution in [0.5, 0.6) is 0 Å². The van der Waals surface area contributed by atoms with Crippen molar-refractivity contribution in [2.75, 3.05) is 6.54 Å². The van der Waals surface area contributed by atoms with Gasteiger partial charge in [-0.1, -0.05) is 0 Å². The van der Waals surface area contributed by atoms with Crippen LogP contribution in [0.3, 0.4) is 0 Å². The van der Waals surface area contributed by atoms with Gasteiger partial charge in [-0.2, -0.15) is 0 Å². The van der Waals surface area contributed by atoms with Crippen LogP contribution in [0.2, 0.25) is 0 Å². The molecule has 1 aromatic heterocycles. The molecule has 2 heterocycles. The number of aliphatic carboxylic acids is 1. The highest BCUT2D eigenvalue weighted by Crippen LogP contribution is 2.26. The van der Waals surface area contributed by atoms with E-state index in [9.17, 15) is 9.59 Å².